The van der Waals surface area contributed by atoms with E-state index in [1.54, 1.807) is 36.3 Å². The quantitative estimate of drug-likeness (QED) is 0.428. The van der Waals surface area contributed by atoms with Crippen molar-refractivity contribution in [1.82, 2.24) is 4.90 Å². The number of aryl methyl sites for hydroxylation is 1. The highest BCUT2D eigenvalue weighted by molar-refractivity contribution is 9.10. The van der Waals surface area contributed by atoms with Gasteiger partial charge in [-0.2, -0.15) is 0 Å². The predicted molar refractivity (Wildman–Crippen MR) is 128 cm³/mol. The molecule has 1 heterocycles. The van der Waals surface area contributed by atoms with E-state index >= 15 is 0 Å². The molecule has 1 aliphatic rings. The van der Waals surface area contributed by atoms with E-state index in [9.17, 15) is 13.6 Å². The van der Waals surface area contributed by atoms with Crippen LogP contribution in [-0.4, -0.2) is 36.8 Å². The maximum Gasteiger partial charge on any atom is 0.232 e. The van der Waals surface area contributed by atoms with Crippen LogP contribution in [0.5, 0.6) is 5.75 Å². The summed E-state index contributed by atoms with van der Waals surface area (Å²) >= 11 is 3.48. The highest BCUT2D eigenvalue weighted by atomic mass is 79.9. The number of ether oxygens (including phenoxy) is 1. The third-order valence-electron chi connectivity index (χ3n) is 5.66. The average Bonchev–Trinajstić information content (AvgIpc) is 3.30. The number of rotatable bonds is 7. The van der Waals surface area contributed by atoms with E-state index in [-0.39, 0.29) is 24.0 Å². The Morgan fingerprint density at radius 2 is 1.88 bits per heavy atom. The summed E-state index contributed by atoms with van der Waals surface area (Å²) < 4.78 is 34.5. The van der Waals surface area contributed by atoms with E-state index in [2.05, 4.69) is 20.9 Å². The zero-order chi connectivity index (χ0) is 23.4. The zero-order valence-electron chi connectivity index (χ0n) is 18.2. The lowest BCUT2D eigenvalue weighted by Crippen LogP contribution is -2.36. The van der Waals surface area contributed by atoms with Crippen molar-refractivity contribution in [2.45, 2.75) is 19.3 Å². The first-order valence-electron chi connectivity index (χ1n) is 10.7. The molecule has 4 rings (SSSR count). The number of methoxy groups -OCH3 is 1. The maximum absolute atomic E-state index is 14.9. The highest BCUT2D eigenvalue weighted by Gasteiger charge is 2.27. The molecule has 4 nitrogen and oxygen atoms in total. The zero-order valence-corrected chi connectivity index (χ0v) is 19.7. The van der Waals surface area contributed by atoms with Gasteiger partial charge in [-0.1, -0.05) is 40.2 Å². The van der Waals surface area contributed by atoms with Gasteiger partial charge in [-0.15, -0.1) is 0 Å². The van der Waals surface area contributed by atoms with Crippen molar-refractivity contribution in [3.05, 3.63) is 99.0 Å². The predicted octanol–water partition coefficient (Wildman–Crippen LogP) is 5.35. The molecule has 33 heavy (non-hydrogen) atoms. The summed E-state index contributed by atoms with van der Waals surface area (Å²) in [7, 11) is 1.61. The summed E-state index contributed by atoms with van der Waals surface area (Å²) in [4.78, 5) is 19.1. The number of amides is 1. The Morgan fingerprint density at radius 1 is 1.09 bits per heavy atom. The van der Waals surface area contributed by atoms with Gasteiger partial charge in [-0.25, -0.2) is 8.78 Å². The molecular weight excluding hydrogens is 490 g/mol. The number of aliphatic imine (C=N–C) groups is 1. The number of carbonyl (C=O) groups is 1. The third-order valence-corrected chi connectivity index (χ3v) is 6.15. The van der Waals surface area contributed by atoms with E-state index in [0.29, 0.717) is 48.5 Å². The summed E-state index contributed by atoms with van der Waals surface area (Å²) in [5.74, 6) is 0.396. The fourth-order valence-corrected chi connectivity index (χ4v) is 4.43. The van der Waals surface area contributed by atoms with Crippen molar-refractivity contribution in [3.8, 4) is 5.75 Å². The van der Waals surface area contributed by atoms with Crippen LogP contribution >= 0.6 is 15.9 Å². The van der Waals surface area contributed by atoms with E-state index < -0.39 is 0 Å². The summed E-state index contributed by atoms with van der Waals surface area (Å²) in [5, 5.41) is 0. The molecule has 7 heteroatoms. The van der Waals surface area contributed by atoms with Gasteiger partial charge >= 0.3 is 0 Å². The fourth-order valence-electron chi connectivity index (χ4n) is 4.02. The number of amidine groups is 1. The van der Waals surface area contributed by atoms with Crippen LogP contribution in [0.1, 0.15) is 22.3 Å². The van der Waals surface area contributed by atoms with Crippen LogP contribution in [0.15, 0.2) is 70.1 Å². The monoisotopic (exact) mass is 512 g/mol. The molecule has 0 unspecified atom stereocenters. The van der Waals surface area contributed by atoms with Crippen LogP contribution < -0.4 is 4.74 Å². The molecule has 0 atom stereocenters. The second kappa shape index (κ2) is 10.3. The Balaban J connectivity index is 1.57. The van der Waals surface area contributed by atoms with Crippen molar-refractivity contribution in [3.63, 3.8) is 0 Å². The molecule has 0 N–H and O–H groups in total. The molecule has 0 spiro atoms. The van der Waals surface area contributed by atoms with Crippen LogP contribution in [0, 0.1) is 11.6 Å². The van der Waals surface area contributed by atoms with Gasteiger partial charge in [0.2, 0.25) is 5.91 Å². The van der Waals surface area contributed by atoms with Gasteiger partial charge in [0, 0.05) is 16.6 Å². The average molecular weight is 513 g/mol. The summed E-state index contributed by atoms with van der Waals surface area (Å²) in [6.45, 7) is 0.894. The first-order valence-corrected chi connectivity index (χ1v) is 11.4. The highest BCUT2D eigenvalue weighted by Crippen LogP contribution is 2.27. The van der Waals surface area contributed by atoms with Gasteiger partial charge < -0.3 is 4.74 Å². The molecule has 0 bridgehead atoms. The molecule has 0 saturated heterocycles. The van der Waals surface area contributed by atoms with Gasteiger partial charge in [0.05, 0.1) is 20.1 Å². The smallest absolute Gasteiger partial charge is 0.232 e. The van der Waals surface area contributed by atoms with Crippen molar-refractivity contribution < 1.29 is 18.3 Å². The standard InChI is InChI=1S/C26H23BrF2N2O2/c1-33-24-12-8-19(27)16-18(24)7-11-21-22(3-2-4-23(21)29)26-30-13-14-31(26)25(32)15-17-5-9-20(28)10-6-17/h2-6,8-10,12,16H,7,11,13-15H2,1H3. The number of halogens is 3. The minimum Gasteiger partial charge on any atom is -0.496 e. The van der Waals surface area contributed by atoms with E-state index in [4.69, 9.17) is 4.74 Å². The Kier molecular flexibility index (Phi) is 7.18. The SMILES string of the molecule is COc1ccc(Br)cc1CCc1c(F)cccc1C1=NCCN1C(=O)Cc1ccc(F)cc1. The first kappa shape index (κ1) is 23.1. The minimum absolute atomic E-state index is 0.124. The number of carbonyl (C=O) groups excluding carboxylic acids is 1. The number of nitrogens with zero attached hydrogens (tertiary/aromatic N) is 2. The van der Waals surface area contributed by atoms with Crippen molar-refractivity contribution in [2.75, 3.05) is 20.2 Å². The number of benzene rings is 3. The van der Waals surface area contributed by atoms with Gasteiger partial charge in [0.15, 0.2) is 0 Å². The second-order valence-electron chi connectivity index (χ2n) is 7.78. The molecule has 1 amide bonds. The third kappa shape index (κ3) is 5.30. The summed E-state index contributed by atoms with van der Waals surface area (Å²) in [5.41, 5.74) is 2.81. The maximum atomic E-state index is 14.9. The molecule has 0 fully saturated rings. The van der Waals surface area contributed by atoms with Crippen LogP contribution in [-0.2, 0) is 24.1 Å². The number of hydrogen-bond donors (Lipinski definition) is 0. The first-order chi connectivity index (χ1) is 16.0. The molecule has 170 valence electrons. The summed E-state index contributed by atoms with van der Waals surface area (Å²) in [6.07, 6.45) is 1.11. The van der Waals surface area contributed by atoms with Crippen LogP contribution in [0.4, 0.5) is 8.78 Å². The van der Waals surface area contributed by atoms with E-state index in [1.807, 2.05) is 18.2 Å². The molecule has 0 aliphatic carbocycles. The molecule has 3 aromatic carbocycles. The number of hydrogen-bond acceptors (Lipinski definition) is 3. The van der Waals surface area contributed by atoms with Crippen LogP contribution in [0.3, 0.4) is 0 Å². The van der Waals surface area contributed by atoms with Crippen LogP contribution in [0.25, 0.3) is 0 Å². The molecule has 0 saturated carbocycles. The van der Waals surface area contributed by atoms with E-state index in [0.717, 1.165) is 15.8 Å². The normalized spacial score (nSPS) is 13.2. The summed E-state index contributed by atoms with van der Waals surface area (Å²) in [6, 6.07) is 16.5. The lowest BCUT2D eigenvalue weighted by molar-refractivity contribution is -0.126. The molecule has 0 aromatic heterocycles. The lowest BCUT2D eigenvalue weighted by Gasteiger charge is -2.21. The Bertz CT molecular complexity index is 1200. The van der Waals surface area contributed by atoms with Crippen LogP contribution in [0.2, 0.25) is 0 Å². The Labute approximate surface area is 200 Å². The Hall–Kier alpha value is -3.06. The van der Waals surface area contributed by atoms with Gasteiger partial charge in [0.25, 0.3) is 0 Å². The topological polar surface area (TPSA) is 41.9 Å². The van der Waals surface area contributed by atoms with Crippen molar-refractivity contribution in [1.29, 1.82) is 0 Å². The van der Waals surface area contributed by atoms with Gasteiger partial charge in [0.1, 0.15) is 23.2 Å². The van der Waals surface area contributed by atoms with E-state index in [1.165, 1.54) is 18.2 Å². The lowest BCUT2D eigenvalue weighted by atomic mass is 9.97. The van der Waals surface area contributed by atoms with Crippen molar-refractivity contribution in [2.24, 2.45) is 4.99 Å². The second-order valence-corrected chi connectivity index (χ2v) is 8.69. The van der Waals surface area contributed by atoms with Crippen molar-refractivity contribution >= 4 is 27.7 Å². The van der Waals surface area contributed by atoms with Gasteiger partial charge in [-0.3, -0.25) is 14.7 Å². The molecule has 1 aliphatic heterocycles. The fraction of sp³-hybridized carbons (Fsp3) is 0.231. The van der Waals surface area contributed by atoms with Gasteiger partial charge in [-0.05, 0) is 65.9 Å². The molecule has 3 aromatic rings. The molecular formula is C26H23BrF2N2O2. The largest absolute Gasteiger partial charge is 0.496 e. The Morgan fingerprint density at radius 3 is 2.64 bits per heavy atom. The minimum atomic E-state index is -0.346. The molecule has 0 radical (unpaired) electrons.